The Bertz CT molecular complexity index is 2650. The van der Waals surface area contributed by atoms with Gasteiger partial charge < -0.3 is 62.7 Å². The van der Waals surface area contributed by atoms with Crippen LogP contribution in [0.3, 0.4) is 0 Å². The number of H-pyrrole nitrogens is 2. The summed E-state index contributed by atoms with van der Waals surface area (Å²) in [5.74, 6) is -6.91. The smallest absolute Gasteiger partial charge is 0.550 e. The first kappa shape index (κ1) is 49.2. The predicted molar refractivity (Wildman–Crippen MR) is 219 cm³/mol. The number of aliphatic carboxylic acids is 4. The molecule has 65 heavy (non-hydrogen) atoms. The fourth-order valence-electron chi connectivity index (χ4n) is 5.50. The van der Waals surface area contributed by atoms with Crippen molar-refractivity contribution in [1.29, 1.82) is 0 Å². The molecule has 0 aliphatic carbocycles. The van der Waals surface area contributed by atoms with Crippen LogP contribution in [0.15, 0.2) is 70.5 Å². The van der Waals surface area contributed by atoms with Gasteiger partial charge in [-0.15, -0.1) is 0 Å². The Balaban J connectivity index is 0.000000280. The van der Waals surface area contributed by atoms with Crippen molar-refractivity contribution < 1.29 is 68.7 Å². The van der Waals surface area contributed by atoms with Crippen LogP contribution in [0.5, 0.6) is 0 Å². The first-order valence-electron chi connectivity index (χ1n) is 18.6. The number of carboxylic acids is 4. The first-order valence-corrected chi connectivity index (χ1v) is 18.6. The van der Waals surface area contributed by atoms with E-state index in [9.17, 15) is 48.6 Å². The fraction of sp³-hybridized carbons (Fsp3) is 0.211. The number of benzene rings is 2. The van der Waals surface area contributed by atoms with Crippen molar-refractivity contribution in [3.63, 3.8) is 0 Å². The van der Waals surface area contributed by atoms with Gasteiger partial charge in [-0.05, 0) is 74.2 Å². The van der Waals surface area contributed by atoms with E-state index >= 15 is 0 Å². The Kier molecular flexibility index (Phi) is 17.1. The summed E-state index contributed by atoms with van der Waals surface area (Å²) in [6.45, 7) is 0.450. The van der Waals surface area contributed by atoms with Crippen molar-refractivity contribution in [1.82, 2.24) is 50.5 Å². The first-order chi connectivity index (χ1) is 30.4. The number of carbonyl (C=O) groups is 6. The molecule has 26 nitrogen and oxygen atoms in total. The van der Waals surface area contributed by atoms with Crippen molar-refractivity contribution >= 4 is 81.3 Å². The van der Waals surface area contributed by atoms with Gasteiger partial charge in [-0.2, -0.15) is 9.97 Å². The van der Waals surface area contributed by atoms with E-state index in [1.54, 1.807) is 24.3 Å². The number of nitrogen functional groups attached to an aromatic ring is 2. The van der Waals surface area contributed by atoms with Gasteiger partial charge in [0.25, 0.3) is 22.9 Å². The third kappa shape index (κ3) is 14.3. The number of fused-ring (bicyclic) bond motifs is 2. The minimum Gasteiger partial charge on any atom is -0.550 e. The summed E-state index contributed by atoms with van der Waals surface area (Å²) in [5.41, 5.74) is 12.9. The molecule has 4 heterocycles. The number of amides is 2. The summed E-state index contributed by atoms with van der Waals surface area (Å²) in [6.07, 6.45) is 1.32. The Labute approximate surface area is 376 Å². The molecule has 0 radical (unpaired) electrons. The maximum atomic E-state index is 12.3. The monoisotopic (exact) mass is 944 g/mol. The molecule has 0 spiro atoms. The Hall–Kier alpha value is -8.48. The Morgan fingerprint density at radius 3 is 1.28 bits per heavy atom. The molecule has 0 saturated heterocycles. The quantitative estimate of drug-likeness (QED) is 0.0390. The summed E-state index contributed by atoms with van der Waals surface area (Å²) in [6, 6.07) is 9.56. The van der Waals surface area contributed by atoms with E-state index in [4.69, 9.17) is 21.7 Å². The molecular formula is C38H36N14O12Zn. The van der Waals surface area contributed by atoms with E-state index in [0.717, 1.165) is 0 Å². The van der Waals surface area contributed by atoms with Crippen molar-refractivity contribution in [2.24, 2.45) is 0 Å². The van der Waals surface area contributed by atoms with Crippen LogP contribution in [-0.4, -0.2) is 97.9 Å². The van der Waals surface area contributed by atoms with Crippen LogP contribution in [-0.2, 0) is 51.7 Å². The second-order valence-corrected chi connectivity index (χ2v) is 13.4. The van der Waals surface area contributed by atoms with Gasteiger partial charge >= 0.3 is 31.4 Å². The molecule has 27 heteroatoms. The van der Waals surface area contributed by atoms with Gasteiger partial charge in [0.1, 0.15) is 12.1 Å². The van der Waals surface area contributed by atoms with Crippen molar-refractivity contribution in [3.8, 4) is 0 Å². The zero-order chi connectivity index (χ0) is 46.5. The third-order valence-corrected chi connectivity index (χ3v) is 8.69. The molecule has 0 aliphatic rings. The molecular weight excluding hydrogens is 910 g/mol. The van der Waals surface area contributed by atoms with Crippen LogP contribution in [0.4, 0.5) is 23.3 Å². The topological polar surface area (TPSA) is 432 Å². The maximum Gasteiger partial charge on any atom is 2.00 e. The van der Waals surface area contributed by atoms with Gasteiger partial charge in [-0.3, -0.25) is 29.1 Å². The van der Waals surface area contributed by atoms with E-state index in [1.165, 1.54) is 36.7 Å². The molecule has 6 rings (SSSR count). The standard InChI is InChI=1S/2C19H19N7O6.Zn/c2*20-19-25-15-14(17(30)26-19)23-11(8-22-15)7-21-10-3-1-9(2-4-10)16(29)24-12(18(31)32)5-6-13(27)28;/h2*1-4,8,12,21H,5-7H2,(H,24,29)(H,27,28)(H,31,32)(H3,20,22,25,26,30);/q;;+2/p-2. The summed E-state index contributed by atoms with van der Waals surface area (Å²) in [5, 5.41) is 49.9. The minimum atomic E-state index is -1.40. The van der Waals surface area contributed by atoms with Crippen LogP contribution < -0.4 is 54.1 Å². The number of anilines is 4. The van der Waals surface area contributed by atoms with Crippen molar-refractivity contribution in [3.05, 3.63) is 104 Å². The maximum absolute atomic E-state index is 12.3. The average Bonchev–Trinajstić information content (AvgIpc) is 3.25. The summed E-state index contributed by atoms with van der Waals surface area (Å²) in [7, 11) is 0. The fourth-order valence-corrected chi connectivity index (χ4v) is 5.50. The second kappa shape index (κ2) is 22.6. The van der Waals surface area contributed by atoms with Gasteiger partial charge in [-0.1, -0.05) is 0 Å². The number of hydrogen-bond donors (Lipinski definition) is 10. The zero-order valence-corrected chi connectivity index (χ0v) is 36.7. The molecule has 6 aromatic rings. The molecule has 2 atom stereocenters. The zero-order valence-electron chi connectivity index (χ0n) is 33.7. The number of nitrogens with one attached hydrogen (secondary N) is 6. The molecule has 332 valence electrons. The van der Waals surface area contributed by atoms with Gasteiger partial charge in [-0.25, -0.2) is 29.5 Å². The number of nitrogens with zero attached hydrogens (tertiary/aromatic N) is 6. The van der Waals surface area contributed by atoms with Gasteiger partial charge in [0.15, 0.2) is 22.3 Å². The van der Waals surface area contributed by atoms with Crippen LogP contribution in [0.25, 0.3) is 22.3 Å². The summed E-state index contributed by atoms with van der Waals surface area (Å²) < 4.78 is 0. The van der Waals surface area contributed by atoms with Crippen LogP contribution in [0.2, 0.25) is 0 Å². The molecule has 0 saturated carbocycles. The normalized spacial score (nSPS) is 11.4. The molecule has 0 fully saturated rings. The SMILES string of the molecule is Nc1nc2ncc(CNc3ccc(C(=O)NC(CCC(=O)[O-])C(=O)O)cc3)nc2c(=O)[nH]1.Nc1nc2ncc(CNc3ccc(C(=O)NC(CCC(=O)[O-])C(=O)O)cc3)nc2c(=O)[nH]1.[Zn+2]. The number of carbonyl (C=O) groups excluding carboxylic acids is 4. The van der Waals surface area contributed by atoms with Gasteiger partial charge in [0.05, 0.1) is 36.9 Å². The number of rotatable bonds is 18. The van der Waals surface area contributed by atoms with Crippen LogP contribution >= 0.6 is 0 Å². The molecule has 0 bridgehead atoms. The largest absolute Gasteiger partial charge is 2.00 e. The number of hydrogen-bond acceptors (Lipinski definition) is 20. The summed E-state index contributed by atoms with van der Waals surface area (Å²) >= 11 is 0. The van der Waals surface area contributed by atoms with Gasteiger partial charge in [0, 0.05) is 34.4 Å². The van der Waals surface area contributed by atoms with Crippen molar-refractivity contribution in [2.75, 3.05) is 22.1 Å². The van der Waals surface area contributed by atoms with E-state index in [1.807, 2.05) is 0 Å². The number of nitrogens with two attached hydrogens (primary N) is 2. The van der Waals surface area contributed by atoms with E-state index in [0.29, 0.717) is 22.8 Å². The van der Waals surface area contributed by atoms with Crippen molar-refractivity contribution in [2.45, 2.75) is 50.9 Å². The minimum absolute atomic E-state index is 0. The number of aromatic amines is 2. The molecule has 0 aliphatic heterocycles. The molecule has 4 aromatic heterocycles. The van der Waals surface area contributed by atoms with E-state index < -0.39 is 71.7 Å². The predicted octanol–water partition coefficient (Wildman–Crippen LogP) is -2.76. The Morgan fingerprint density at radius 2 is 0.954 bits per heavy atom. The molecule has 2 aromatic carbocycles. The van der Waals surface area contributed by atoms with E-state index in [2.05, 4.69) is 61.1 Å². The Morgan fingerprint density at radius 1 is 0.600 bits per heavy atom. The van der Waals surface area contributed by atoms with Gasteiger partial charge in [0.2, 0.25) is 11.9 Å². The average molecular weight is 946 g/mol. The van der Waals surface area contributed by atoms with Crippen LogP contribution in [0.1, 0.15) is 57.8 Å². The molecule has 2 amide bonds. The number of aromatic nitrogens is 8. The molecule has 2 unspecified atom stereocenters. The third-order valence-electron chi connectivity index (χ3n) is 8.69. The molecule has 12 N–H and O–H groups in total. The number of carboxylic acid groups (broad SMARTS) is 4. The second-order valence-electron chi connectivity index (χ2n) is 13.4. The van der Waals surface area contributed by atoms with Crippen LogP contribution in [0, 0.1) is 0 Å². The van der Waals surface area contributed by atoms with E-state index in [-0.39, 0.29) is 90.8 Å². The summed E-state index contributed by atoms with van der Waals surface area (Å²) in [4.78, 5) is 121.